The maximum absolute atomic E-state index is 11.4. The van der Waals surface area contributed by atoms with Crippen LogP contribution < -0.4 is 29.6 Å². The maximum atomic E-state index is 11.4. The van der Waals surface area contributed by atoms with Crippen LogP contribution in [0.25, 0.3) is 10.8 Å². The SMILES string of the molecule is CCCCCCCCCCCc1ccc2cccc(S(=O)(=O)[O-])c2c1.[Na+]. The van der Waals surface area contributed by atoms with Gasteiger partial charge in [0.05, 0.1) is 4.90 Å². The van der Waals surface area contributed by atoms with Gasteiger partial charge in [0.1, 0.15) is 10.1 Å². The Morgan fingerprint density at radius 3 is 2.08 bits per heavy atom. The van der Waals surface area contributed by atoms with Gasteiger partial charge in [-0.25, -0.2) is 8.42 Å². The van der Waals surface area contributed by atoms with Crippen molar-refractivity contribution in [2.24, 2.45) is 0 Å². The summed E-state index contributed by atoms with van der Waals surface area (Å²) in [5.74, 6) is 0. The van der Waals surface area contributed by atoms with E-state index in [-0.39, 0.29) is 34.5 Å². The van der Waals surface area contributed by atoms with Crippen molar-refractivity contribution in [1.29, 1.82) is 0 Å². The standard InChI is InChI=1S/C21H30O3S.Na/c1-2-3-4-5-6-7-8-9-10-12-18-15-16-19-13-11-14-21(20(19)17-18)25(22,23)24;/h11,13-17H,2-10,12H2,1H3,(H,22,23,24);/q;+1/p-1. The van der Waals surface area contributed by atoms with E-state index in [9.17, 15) is 13.0 Å². The number of aryl methyl sites for hydroxylation is 1. The van der Waals surface area contributed by atoms with E-state index in [4.69, 9.17) is 0 Å². The molecule has 26 heavy (non-hydrogen) atoms. The Hall–Kier alpha value is -0.390. The van der Waals surface area contributed by atoms with Crippen LogP contribution in [-0.4, -0.2) is 13.0 Å². The Morgan fingerprint density at radius 2 is 1.46 bits per heavy atom. The average Bonchev–Trinajstić information content (AvgIpc) is 2.59. The molecule has 3 nitrogen and oxygen atoms in total. The van der Waals surface area contributed by atoms with Crippen LogP contribution in [0.5, 0.6) is 0 Å². The van der Waals surface area contributed by atoms with Gasteiger partial charge >= 0.3 is 29.6 Å². The fourth-order valence-corrected chi connectivity index (χ4v) is 4.00. The molecule has 138 valence electrons. The Balaban J connectivity index is 0.00000338. The molecule has 0 aliphatic heterocycles. The van der Waals surface area contributed by atoms with Crippen LogP contribution in [0.15, 0.2) is 41.3 Å². The molecule has 0 amide bonds. The van der Waals surface area contributed by atoms with E-state index in [1.165, 1.54) is 57.4 Å². The second-order valence-corrected chi connectivity index (χ2v) is 8.19. The van der Waals surface area contributed by atoms with Gasteiger partial charge in [-0.05, 0) is 41.3 Å². The summed E-state index contributed by atoms with van der Waals surface area (Å²) in [6.45, 7) is 2.24. The summed E-state index contributed by atoms with van der Waals surface area (Å²) in [4.78, 5) is -0.112. The molecule has 2 aromatic rings. The van der Waals surface area contributed by atoms with E-state index in [2.05, 4.69) is 6.92 Å². The molecule has 0 saturated carbocycles. The molecular weight excluding hydrogens is 355 g/mol. The van der Waals surface area contributed by atoms with E-state index in [1.807, 2.05) is 24.3 Å². The predicted molar refractivity (Wildman–Crippen MR) is 103 cm³/mol. The van der Waals surface area contributed by atoms with Gasteiger partial charge < -0.3 is 4.55 Å². The van der Waals surface area contributed by atoms with Crippen LogP contribution in [0.3, 0.4) is 0 Å². The second kappa shape index (κ2) is 12.1. The molecule has 2 rings (SSSR count). The first-order valence-electron chi connectivity index (χ1n) is 9.50. The molecule has 0 radical (unpaired) electrons. The summed E-state index contributed by atoms with van der Waals surface area (Å²) in [5, 5.41) is 1.35. The smallest absolute Gasteiger partial charge is 0.744 e. The largest absolute Gasteiger partial charge is 1.00 e. The molecule has 0 heterocycles. The van der Waals surface area contributed by atoms with Gasteiger partial charge in [0.15, 0.2) is 0 Å². The molecule has 5 heteroatoms. The summed E-state index contributed by atoms with van der Waals surface area (Å²) >= 11 is 0. The Kier molecular flexibility index (Phi) is 11.0. The van der Waals surface area contributed by atoms with E-state index >= 15 is 0 Å². The first-order valence-corrected chi connectivity index (χ1v) is 10.9. The Labute approximate surface area is 180 Å². The third kappa shape index (κ3) is 7.69. The first-order chi connectivity index (χ1) is 12.0. The van der Waals surface area contributed by atoms with Crippen molar-refractivity contribution >= 4 is 20.9 Å². The van der Waals surface area contributed by atoms with Crippen molar-refractivity contribution in [1.82, 2.24) is 0 Å². The van der Waals surface area contributed by atoms with Gasteiger partial charge in [-0.1, -0.05) is 82.6 Å². The zero-order chi connectivity index (χ0) is 18.1. The molecular formula is C21H29NaO3S. The van der Waals surface area contributed by atoms with Gasteiger partial charge in [-0.3, -0.25) is 0 Å². The quantitative estimate of drug-likeness (QED) is 0.340. The molecule has 0 fully saturated rings. The number of hydrogen-bond donors (Lipinski definition) is 0. The summed E-state index contributed by atoms with van der Waals surface area (Å²) < 4.78 is 34.3. The number of rotatable bonds is 11. The summed E-state index contributed by atoms with van der Waals surface area (Å²) in [6, 6.07) is 10.7. The van der Waals surface area contributed by atoms with Crippen LogP contribution in [-0.2, 0) is 16.5 Å². The normalized spacial score (nSPS) is 11.5. The van der Waals surface area contributed by atoms with Crippen molar-refractivity contribution in [3.63, 3.8) is 0 Å². The molecule has 0 bridgehead atoms. The molecule has 2 aromatic carbocycles. The number of unbranched alkanes of at least 4 members (excludes halogenated alkanes) is 8. The Morgan fingerprint density at radius 1 is 0.846 bits per heavy atom. The summed E-state index contributed by atoms with van der Waals surface area (Å²) in [7, 11) is -4.44. The van der Waals surface area contributed by atoms with E-state index in [0.717, 1.165) is 23.8 Å². The van der Waals surface area contributed by atoms with E-state index in [1.54, 1.807) is 6.07 Å². The molecule has 0 spiro atoms. The molecule has 0 aliphatic rings. The molecule has 0 aliphatic carbocycles. The minimum Gasteiger partial charge on any atom is -0.744 e. The van der Waals surface area contributed by atoms with Gasteiger partial charge in [0.2, 0.25) is 0 Å². The number of hydrogen-bond acceptors (Lipinski definition) is 3. The van der Waals surface area contributed by atoms with Gasteiger partial charge in [-0.2, -0.15) is 0 Å². The maximum Gasteiger partial charge on any atom is 1.00 e. The van der Waals surface area contributed by atoms with Crippen LogP contribution in [0.1, 0.15) is 70.3 Å². The van der Waals surface area contributed by atoms with Gasteiger partial charge in [0.25, 0.3) is 0 Å². The third-order valence-electron chi connectivity index (χ3n) is 4.74. The second-order valence-electron chi connectivity index (χ2n) is 6.84. The molecule has 0 unspecified atom stereocenters. The monoisotopic (exact) mass is 384 g/mol. The summed E-state index contributed by atoms with van der Waals surface area (Å²) in [6.07, 6.45) is 12.5. The fraction of sp³-hybridized carbons (Fsp3) is 0.524. The topological polar surface area (TPSA) is 57.2 Å². The van der Waals surface area contributed by atoms with Crippen LogP contribution in [0, 0.1) is 0 Å². The van der Waals surface area contributed by atoms with Crippen molar-refractivity contribution in [2.75, 3.05) is 0 Å². The van der Waals surface area contributed by atoms with Crippen molar-refractivity contribution in [2.45, 2.75) is 76.0 Å². The van der Waals surface area contributed by atoms with Crippen LogP contribution in [0.4, 0.5) is 0 Å². The minimum absolute atomic E-state index is 0. The minimum atomic E-state index is -4.44. The molecule has 0 saturated heterocycles. The average molecular weight is 385 g/mol. The summed E-state index contributed by atoms with van der Waals surface area (Å²) in [5.41, 5.74) is 1.10. The van der Waals surface area contributed by atoms with Crippen molar-refractivity contribution in [3.8, 4) is 0 Å². The van der Waals surface area contributed by atoms with Crippen LogP contribution >= 0.6 is 0 Å². The number of benzene rings is 2. The van der Waals surface area contributed by atoms with E-state index < -0.39 is 10.1 Å². The van der Waals surface area contributed by atoms with Crippen molar-refractivity contribution in [3.05, 3.63) is 42.0 Å². The first kappa shape index (κ1) is 23.6. The van der Waals surface area contributed by atoms with E-state index in [0.29, 0.717) is 5.39 Å². The zero-order valence-electron chi connectivity index (χ0n) is 16.2. The third-order valence-corrected chi connectivity index (χ3v) is 5.64. The zero-order valence-corrected chi connectivity index (χ0v) is 19.0. The molecule has 0 aromatic heterocycles. The molecule has 0 atom stereocenters. The van der Waals surface area contributed by atoms with Gasteiger partial charge in [0, 0.05) is 0 Å². The Bertz CT molecular complexity index is 772. The van der Waals surface area contributed by atoms with Crippen LogP contribution in [0.2, 0.25) is 0 Å². The number of fused-ring (bicyclic) bond motifs is 1. The fourth-order valence-electron chi connectivity index (χ4n) is 3.30. The van der Waals surface area contributed by atoms with Gasteiger partial charge in [-0.15, -0.1) is 0 Å². The molecule has 0 N–H and O–H groups in total. The predicted octanol–water partition coefficient (Wildman–Crippen LogP) is 2.82. The van der Waals surface area contributed by atoms with Crippen molar-refractivity contribution < 1.29 is 42.5 Å².